The molecular formula is C15H11Cl2N3O. The normalized spacial score (nSPS) is 9.67. The maximum absolute atomic E-state index is 12.3. The summed E-state index contributed by atoms with van der Waals surface area (Å²) in [4.78, 5) is 16.3. The van der Waals surface area contributed by atoms with Crippen molar-refractivity contribution in [3.8, 4) is 11.8 Å². The van der Waals surface area contributed by atoms with Crippen LogP contribution in [0.15, 0.2) is 36.5 Å². The molecule has 0 unspecified atom stereocenters. The molecule has 21 heavy (non-hydrogen) atoms. The molecule has 1 heterocycles. The second-order valence-corrected chi connectivity index (χ2v) is 4.89. The van der Waals surface area contributed by atoms with Crippen molar-refractivity contribution in [2.45, 2.75) is 0 Å². The maximum atomic E-state index is 12.3. The summed E-state index contributed by atoms with van der Waals surface area (Å²) < 4.78 is 0. The van der Waals surface area contributed by atoms with Gasteiger partial charge in [0.25, 0.3) is 5.91 Å². The topological polar surface area (TPSA) is 68.0 Å². The predicted molar refractivity (Wildman–Crippen MR) is 84.6 cm³/mol. The van der Waals surface area contributed by atoms with Crippen LogP contribution in [0.2, 0.25) is 10.0 Å². The second-order valence-electron chi connectivity index (χ2n) is 4.02. The van der Waals surface area contributed by atoms with Crippen molar-refractivity contribution in [3.05, 3.63) is 57.8 Å². The molecule has 6 heteroatoms. The number of rotatable bonds is 2. The fourth-order valence-electron chi connectivity index (χ4n) is 1.65. The first kappa shape index (κ1) is 15.3. The van der Waals surface area contributed by atoms with Gasteiger partial charge in [-0.2, -0.15) is 0 Å². The minimum atomic E-state index is -0.393. The summed E-state index contributed by atoms with van der Waals surface area (Å²) in [6.07, 6.45) is 1.52. The SMILES string of the molecule is NCC#Cc1cccnc1C(=O)Nc1cc(Cl)cc(Cl)c1. The molecule has 0 radical (unpaired) electrons. The largest absolute Gasteiger partial charge is 0.321 e. The van der Waals surface area contributed by atoms with Gasteiger partial charge in [-0.25, -0.2) is 4.98 Å². The number of nitrogens with two attached hydrogens (primary N) is 1. The van der Waals surface area contributed by atoms with Crippen molar-refractivity contribution in [2.75, 3.05) is 11.9 Å². The van der Waals surface area contributed by atoms with Gasteiger partial charge in [-0.05, 0) is 30.3 Å². The van der Waals surface area contributed by atoms with E-state index in [2.05, 4.69) is 22.1 Å². The minimum Gasteiger partial charge on any atom is -0.321 e. The summed E-state index contributed by atoms with van der Waals surface area (Å²) in [5.74, 6) is 5.12. The fraction of sp³-hybridized carbons (Fsp3) is 0.0667. The Balaban J connectivity index is 2.28. The first-order valence-electron chi connectivity index (χ1n) is 6.01. The number of hydrogen-bond acceptors (Lipinski definition) is 3. The number of halogens is 2. The van der Waals surface area contributed by atoms with Gasteiger partial charge in [0.15, 0.2) is 0 Å². The zero-order valence-electron chi connectivity index (χ0n) is 10.9. The number of carbonyl (C=O) groups excluding carboxylic acids is 1. The summed E-state index contributed by atoms with van der Waals surface area (Å²) >= 11 is 11.8. The van der Waals surface area contributed by atoms with Gasteiger partial charge >= 0.3 is 0 Å². The summed E-state index contributed by atoms with van der Waals surface area (Å²) in [5, 5.41) is 3.55. The number of carbonyl (C=O) groups is 1. The lowest BCUT2D eigenvalue weighted by Gasteiger charge is -2.07. The van der Waals surface area contributed by atoms with E-state index >= 15 is 0 Å². The maximum Gasteiger partial charge on any atom is 0.275 e. The number of pyridine rings is 1. The fourth-order valence-corrected chi connectivity index (χ4v) is 2.18. The van der Waals surface area contributed by atoms with Crippen LogP contribution in [0.5, 0.6) is 0 Å². The third kappa shape index (κ3) is 4.20. The molecule has 106 valence electrons. The van der Waals surface area contributed by atoms with E-state index in [1.54, 1.807) is 30.3 Å². The van der Waals surface area contributed by atoms with Gasteiger partial charge in [0, 0.05) is 21.9 Å². The molecule has 2 rings (SSSR count). The molecule has 1 aromatic heterocycles. The minimum absolute atomic E-state index is 0.208. The lowest BCUT2D eigenvalue weighted by atomic mass is 10.2. The van der Waals surface area contributed by atoms with Crippen molar-refractivity contribution in [3.63, 3.8) is 0 Å². The molecule has 0 aliphatic heterocycles. The summed E-state index contributed by atoms with van der Waals surface area (Å²) in [5.41, 5.74) is 6.55. The molecule has 1 aromatic carbocycles. The van der Waals surface area contributed by atoms with E-state index in [0.717, 1.165) is 0 Å². The van der Waals surface area contributed by atoms with Crippen LogP contribution in [-0.4, -0.2) is 17.4 Å². The standard InChI is InChI=1S/C15H11Cl2N3O/c16-11-7-12(17)9-13(8-11)20-15(21)14-10(3-1-5-18)4-2-6-19-14/h2,4,6-9H,5,18H2,(H,20,21). The average Bonchev–Trinajstić information content (AvgIpc) is 2.44. The Morgan fingerprint density at radius 1 is 1.29 bits per heavy atom. The van der Waals surface area contributed by atoms with Gasteiger partial charge in [-0.15, -0.1) is 0 Å². The number of anilines is 1. The second kappa shape index (κ2) is 7.09. The molecule has 3 N–H and O–H groups in total. The highest BCUT2D eigenvalue weighted by molar-refractivity contribution is 6.35. The number of hydrogen-bond donors (Lipinski definition) is 2. The van der Waals surface area contributed by atoms with Crippen molar-refractivity contribution in [1.29, 1.82) is 0 Å². The van der Waals surface area contributed by atoms with Crippen molar-refractivity contribution in [1.82, 2.24) is 4.98 Å². The Morgan fingerprint density at radius 2 is 2.00 bits per heavy atom. The zero-order chi connectivity index (χ0) is 15.2. The molecule has 4 nitrogen and oxygen atoms in total. The molecule has 0 saturated heterocycles. The zero-order valence-corrected chi connectivity index (χ0v) is 12.4. The van der Waals surface area contributed by atoms with E-state index in [9.17, 15) is 4.79 Å². The number of amides is 1. The highest BCUT2D eigenvalue weighted by Gasteiger charge is 2.12. The highest BCUT2D eigenvalue weighted by Crippen LogP contribution is 2.23. The summed E-state index contributed by atoms with van der Waals surface area (Å²) in [6, 6.07) is 8.18. The number of nitrogens with zero attached hydrogens (tertiary/aromatic N) is 1. The van der Waals surface area contributed by atoms with Crippen LogP contribution in [-0.2, 0) is 0 Å². The average molecular weight is 320 g/mol. The van der Waals surface area contributed by atoms with E-state index in [-0.39, 0.29) is 12.2 Å². The van der Waals surface area contributed by atoms with E-state index in [4.69, 9.17) is 28.9 Å². The van der Waals surface area contributed by atoms with Gasteiger partial charge in [-0.1, -0.05) is 35.0 Å². The molecule has 2 aromatic rings. The lowest BCUT2D eigenvalue weighted by molar-refractivity contribution is 0.102. The van der Waals surface area contributed by atoms with Crippen LogP contribution in [0, 0.1) is 11.8 Å². The van der Waals surface area contributed by atoms with Gasteiger partial charge in [0.2, 0.25) is 0 Å². The number of benzene rings is 1. The smallest absolute Gasteiger partial charge is 0.275 e. The van der Waals surface area contributed by atoms with Crippen molar-refractivity contribution < 1.29 is 4.79 Å². The Morgan fingerprint density at radius 3 is 2.67 bits per heavy atom. The van der Waals surface area contributed by atoms with Gasteiger partial charge < -0.3 is 11.1 Å². The van der Waals surface area contributed by atoms with E-state index < -0.39 is 5.91 Å². The quantitative estimate of drug-likeness (QED) is 0.836. The molecule has 0 bridgehead atoms. The van der Waals surface area contributed by atoms with Crippen LogP contribution >= 0.6 is 23.2 Å². The monoisotopic (exact) mass is 319 g/mol. The molecule has 0 aliphatic rings. The summed E-state index contributed by atoms with van der Waals surface area (Å²) in [7, 11) is 0. The Labute approximate surface area is 132 Å². The van der Waals surface area contributed by atoms with E-state index in [0.29, 0.717) is 21.3 Å². The Bertz CT molecular complexity index is 715. The van der Waals surface area contributed by atoms with E-state index in [1.165, 1.54) is 6.20 Å². The third-order valence-corrected chi connectivity index (χ3v) is 2.90. The predicted octanol–water partition coefficient (Wildman–Crippen LogP) is 2.95. The van der Waals surface area contributed by atoms with Crippen LogP contribution in [0.3, 0.4) is 0 Å². The van der Waals surface area contributed by atoms with Crippen molar-refractivity contribution in [2.24, 2.45) is 5.73 Å². The van der Waals surface area contributed by atoms with E-state index in [1.807, 2.05) is 0 Å². The summed E-state index contributed by atoms with van der Waals surface area (Å²) in [6.45, 7) is 0.208. The van der Waals surface area contributed by atoms with Gasteiger partial charge in [0.1, 0.15) is 5.69 Å². The van der Waals surface area contributed by atoms with Crippen LogP contribution < -0.4 is 11.1 Å². The van der Waals surface area contributed by atoms with Crippen LogP contribution in [0.1, 0.15) is 16.1 Å². The Kier molecular flexibility index (Phi) is 5.18. The number of aromatic nitrogens is 1. The first-order valence-corrected chi connectivity index (χ1v) is 6.77. The first-order chi connectivity index (χ1) is 10.1. The molecule has 0 saturated carbocycles. The van der Waals surface area contributed by atoms with Gasteiger partial charge in [0.05, 0.1) is 12.1 Å². The van der Waals surface area contributed by atoms with Crippen molar-refractivity contribution >= 4 is 34.8 Å². The molecule has 0 spiro atoms. The van der Waals surface area contributed by atoms with Crippen LogP contribution in [0.25, 0.3) is 0 Å². The molecular weight excluding hydrogens is 309 g/mol. The molecule has 0 fully saturated rings. The molecule has 1 amide bonds. The number of nitrogens with one attached hydrogen (secondary N) is 1. The Hall–Kier alpha value is -2.06. The third-order valence-electron chi connectivity index (χ3n) is 2.47. The lowest BCUT2D eigenvalue weighted by Crippen LogP contribution is -2.15. The molecule has 0 aliphatic carbocycles. The van der Waals surface area contributed by atoms with Crippen LogP contribution in [0.4, 0.5) is 5.69 Å². The molecule has 0 atom stereocenters. The highest BCUT2D eigenvalue weighted by atomic mass is 35.5. The van der Waals surface area contributed by atoms with Gasteiger partial charge in [-0.3, -0.25) is 4.79 Å².